The molecule has 0 saturated carbocycles. The van der Waals surface area contributed by atoms with Crippen LogP contribution in [-0.2, 0) is 0 Å². The molecule has 1 aromatic carbocycles. The Kier molecular flexibility index (Phi) is 2.60. The van der Waals surface area contributed by atoms with Crippen molar-refractivity contribution in [2.45, 2.75) is 6.92 Å². The van der Waals surface area contributed by atoms with Gasteiger partial charge in [-0.2, -0.15) is 0 Å². The van der Waals surface area contributed by atoms with E-state index in [0.29, 0.717) is 11.6 Å². The summed E-state index contributed by atoms with van der Waals surface area (Å²) in [4.78, 5) is 8.44. The van der Waals surface area contributed by atoms with Gasteiger partial charge in [0.05, 0.1) is 5.52 Å². The molecule has 0 amide bonds. The molecule has 3 rings (SSSR count). The topological polar surface area (TPSA) is 61.0 Å². The third kappa shape index (κ3) is 1.89. The first-order valence-corrected chi connectivity index (χ1v) is 6.34. The van der Waals surface area contributed by atoms with E-state index in [0.717, 1.165) is 21.5 Å². The zero-order valence-electron chi connectivity index (χ0n) is 9.75. The van der Waals surface area contributed by atoms with Gasteiger partial charge in [-0.3, -0.25) is 0 Å². The Balaban J connectivity index is 2.02. The Labute approximate surface area is 108 Å². The minimum atomic E-state index is 0.586. The smallest absolute Gasteiger partial charge is 0.240 e. The lowest BCUT2D eigenvalue weighted by atomic mass is 10.3. The fraction of sp³-hybridized carbons (Fsp3) is 0.0769. The largest absolute Gasteiger partial charge is 0.437 e. The number of thiophene rings is 1. The third-order valence-corrected chi connectivity index (χ3v) is 3.67. The molecule has 2 heterocycles. The molecule has 0 saturated heterocycles. The normalized spacial score (nSPS) is 10.7. The predicted octanol–water partition coefficient (Wildman–Crippen LogP) is 3.37. The highest BCUT2D eigenvalue weighted by atomic mass is 32.1. The van der Waals surface area contributed by atoms with Gasteiger partial charge in [0, 0.05) is 5.69 Å². The summed E-state index contributed by atoms with van der Waals surface area (Å²) in [5.41, 5.74) is 8.43. The van der Waals surface area contributed by atoms with Crippen LogP contribution < -0.4 is 10.5 Å². The van der Waals surface area contributed by atoms with Crippen molar-refractivity contribution in [1.29, 1.82) is 0 Å². The van der Waals surface area contributed by atoms with Crippen molar-refractivity contribution in [3.05, 3.63) is 41.5 Å². The van der Waals surface area contributed by atoms with Crippen molar-refractivity contribution < 1.29 is 4.74 Å². The quantitative estimate of drug-likeness (QED) is 0.715. The Morgan fingerprint density at radius 1 is 1.17 bits per heavy atom. The molecule has 0 aliphatic heterocycles. The summed E-state index contributed by atoms with van der Waals surface area (Å²) in [5.74, 6) is 1.30. The van der Waals surface area contributed by atoms with Gasteiger partial charge in [-0.15, -0.1) is 11.3 Å². The summed E-state index contributed by atoms with van der Waals surface area (Å²) in [6, 6.07) is 7.24. The molecule has 0 radical (unpaired) electrons. The maximum absolute atomic E-state index is 5.76. The molecule has 2 aromatic heterocycles. The molecular weight excluding hydrogens is 246 g/mol. The monoisotopic (exact) mass is 257 g/mol. The maximum atomic E-state index is 5.76. The van der Waals surface area contributed by atoms with Gasteiger partial charge in [0.15, 0.2) is 0 Å². The Bertz CT molecular complexity index is 691. The van der Waals surface area contributed by atoms with Crippen molar-refractivity contribution in [1.82, 2.24) is 9.97 Å². The number of nitrogens with zero attached hydrogens (tertiary/aromatic N) is 2. The first-order valence-electron chi connectivity index (χ1n) is 5.46. The zero-order chi connectivity index (χ0) is 12.5. The number of anilines is 1. The molecular formula is C13H11N3OS. The number of nitrogens with two attached hydrogens (primary N) is 1. The lowest BCUT2D eigenvalue weighted by Gasteiger charge is -2.05. The molecule has 4 nitrogen and oxygen atoms in total. The highest BCUT2D eigenvalue weighted by molar-refractivity contribution is 7.17. The minimum Gasteiger partial charge on any atom is -0.437 e. The van der Waals surface area contributed by atoms with Crippen LogP contribution in [0.3, 0.4) is 0 Å². The molecule has 0 aliphatic rings. The molecule has 0 bridgehead atoms. The average molecular weight is 257 g/mol. The molecule has 0 aliphatic carbocycles. The maximum Gasteiger partial charge on any atom is 0.240 e. The zero-order valence-corrected chi connectivity index (χ0v) is 10.6. The number of benzene rings is 1. The van der Waals surface area contributed by atoms with E-state index in [4.69, 9.17) is 10.5 Å². The molecule has 18 heavy (non-hydrogen) atoms. The number of fused-ring (bicyclic) bond motifs is 1. The van der Waals surface area contributed by atoms with Crippen LogP contribution in [0, 0.1) is 6.92 Å². The number of ether oxygens (including phenoxy) is 1. The lowest BCUT2D eigenvalue weighted by Crippen LogP contribution is -1.90. The van der Waals surface area contributed by atoms with Crippen LogP contribution in [0.2, 0.25) is 0 Å². The molecule has 0 fully saturated rings. The predicted molar refractivity (Wildman–Crippen MR) is 73.1 cm³/mol. The van der Waals surface area contributed by atoms with Crippen LogP contribution in [0.5, 0.6) is 11.6 Å². The van der Waals surface area contributed by atoms with Gasteiger partial charge in [-0.05, 0) is 42.1 Å². The van der Waals surface area contributed by atoms with Crippen molar-refractivity contribution in [2.75, 3.05) is 5.73 Å². The van der Waals surface area contributed by atoms with E-state index in [1.54, 1.807) is 23.5 Å². The second kappa shape index (κ2) is 4.27. The number of hydrogen-bond donors (Lipinski definition) is 1. The third-order valence-electron chi connectivity index (χ3n) is 2.59. The summed E-state index contributed by atoms with van der Waals surface area (Å²) in [6.45, 7) is 2.03. The Morgan fingerprint density at radius 2 is 1.94 bits per heavy atom. The molecule has 0 spiro atoms. The number of nitrogen functional groups attached to an aromatic ring is 1. The van der Waals surface area contributed by atoms with E-state index < -0.39 is 0 Å². The van der Waals surface area contributed by atoms with Crippen molar-refractivity contribution in [3.63, 3.8) is 0 Å². The van der Waals surface area contributed by atoms with E-state index in [1.807, 2.05) is 19.1 Å². The molecule has 0 atom stereocenters. The van der Waals surface area contributed by atoms with Crippen LogP contribution in [-0.4, -0.2) is 9.97 Å². The van der Waals surface area contributed by atoms with Crippen LogP contribution in [0.1, 0.15) is 5.56 Å². The van der Waals surface area contributed by atoms with Crippen LogP contribution in [0.4, 0.5) is 5.69 Å². The second-order valence-electron chi connectivity index (χ2n) is 3.95. The molecule has 5 heteroatoms. The van der Waals surface area contributed by atoms with Gasteiger partial charge < -0.3 is 10.5 Å². The number of rotatable bonds is 2. The minimum absolute atomic E-state index is 0.586. The summed E-state index contributed by atoms with van der Waals surface area (Å²) in [7, 11) is 0. The van der Waals surface area contributed by atoms with Crippen LogP contribution in [0.25, 0.3) is 10.2 Å². The van der Waals surface area contributed by atoms with E-state index in [-0.39, 0.29) is 0 Å². The van der Waals surface area contributed by atoms with E-state index in [9.17, 15) is 0 Å². The molecule has 0 unspecified atom stereocenters. The first-order chi connectivity index (χ1) is 8.74. The highest BCUT2D eigenvalue weighted by Crippen LogP contribution is 2.32. The fourth-order valence-electron chi connectivity index (χ4n) is 1.67. The van der Waals surface area contributed by atoms with E-state index in [2.05, 4.69) is 15.3 Å². The van der Waals surface area contributed by atoms with Gasteiger partial charge in [0.25, 0.3) is 0 Å². The number of aryl methyl sites for hydroxylation is 1. The number of hydrogen-bond acceptors (Lipinski definition) is 5. The van der Waals surface area contributed by atoms with Gasteiger partial charge in [0.2, 0.25) is 5.88 Å². The SMILES string of the molecule is Cc1csc2c(Oc3ccc(N)cc3)ncnc12. The summed E-state index contributed by atoms with van der Waals surface area (Å²) >= 11 is 1.59. The van der Waals surface area contributed by atoms with Crippen molar-refractivity contribution >= 4 is 27.2 Å². The number of aromatic nitrogens is 2. The summed E-state index contributed by atoms with van der Waals surface area (Å²) in [5, 5.41) is 2.05. The Morgan fingerprint density at radius 3 is 2.72 bits per heavy atom. The molecule has 3 aromatic rings. The van der Waals surface area contributed by atoms with E-state index in [1.165, 1.54) is 6.33 Å². The molecule has 90 valence electrons. The summed E-state index contributed by atoms with van der Waals surface area (Å²) in [6.07, 6.45) is 1.52. The first kappa shape index (κ1) is 11.0. The van der Waals surface area contributed by atoms with Crippen LogP contribution in [0.15, 0.2) is 36.0 Å². The van der Waals surface area contributed by atoms with Crippen molar-refractivity contribution in [3.8, 4) is 11.6 Å². The van der Waals surface area contributed by atoms with Gasteiger partial charge in [-0.25, -0.2) is 9.97 Å². The van der Waals surface area contributed by atoms with Crippen LogP contribution >= 0.6 is 11.3 Å². The lowest BCUT2D eigenvalue weighted by molar-refractivity contribution is 0.469. The van der Waals surface area contributed by atoms with Crippen molar-refractivity contribution in [2.24, 2.45) is 0 Å². The fourth-order valence-corrected chi connectivity index (χ4v) is 2.59. The van der Waals surface area contributed by atoms with E-state index >= 15 is 0 Å². The average Bonchev–Trinajstić information content (AvgIpc) is 2.76. The Hall–Kier alpha value is -2.14. The van der Waals surface area contributed by atoms with Gasteiger partial charge >= 0.3 is 0 Å². The summed E-state index contributed by atoms with van der Waals surface area (Å²) < 4.78 is 6.73. The van der Waals surface area contributed by atoms with Gasteiger partial charge in [-0.1, -0.05) is 0 Å². The molecule has 2 N–H and O–H groups in total. The highest BCUT2D eigenvalue weighted by Gasteiger charge is 2.09. The van der Waals surface area contributed by atoms with Gasteiger partial charge in [0.1, 0.15) is 16.8 Å². The second-order valence-corrected chi connectivity index (χ2v) is 4.83. The standard InChI is InChI=1S/C13H11N3OS/c1-8-6-18-12-11(8)15-7-16-13(12)17-10-4-2-9(14)3-5-10/h2-7H,14H2,1H3.